The molecule has 0 rings (SSSR count). The highest BCUT2D eigenvalue weighted by molar-refractivity contribution is 5.57. The second-order valence-electron chi connectivity index (χ2n) is 8.95. The fourth-order valence-electron chi connectivity index (χ4n) is 4.12. The van der Waals surface area contributed by atoms with Crippen LogP contribution in [0.4, 0.5) is 4.79 Å². The van der Waals surface area contributed by atoms with E-state index >= 15 is 0 Å². The normalized spacial score (nSPS) is 12.2. The minimum atomic E-state index is -1.11. The van der Waals surface area contributed by atoms with Crippen LogP contribution in [0.2, 0.25) is 0 Å². The monoisotopic (exact) mass is 412 g/mol. The molecule has 1 atom stereocenters. The summed E-state index contributed by atoms with van der Waals surface area (Å²) >= 11 is 0. The van der Waals surface area contributed by atoms with Crippen molar-refractivity contribution in [2.24, 2.45) is 0 Å². The lowest BCUT2D eigenvalue weighted by molar-refractivity contribution is 0.0422. The Morgan fingerprint density at radius 3 is 1.10 bits per heavy atom. The van der Waals surface area contributed by atoms with Gasteiger partial charge in [0.2, 0.25) is 0 Å². The standard InChI is InChI=1S/C26H52O3/c1-3-5-7-9-11-12-13-14-15-16-17-18-20-22-24-25(29-26(27)28)23-21-19-10-8-6-4-2/h25H,3-24H2,1-2H3,(H,27,28). The van der Waals surface area contributed by atoms with Gasteiger partial charge >= 0.3 is 6.16 Å². The number of carbonyl (C=O) groups is 1. The van der Waals surface area contributed by atoms with Gasteiger partial charge in [-0.25, -0.2) is 4.79 Å². The van der Waals surface area contributed by atoms with E-state index in [4.69, 9.17) is 9.84 Å². The number of hydrogen-bond donors (Lipinski definition) is 1. The summed E-state index contributed by atoms with van der Waals surface area (Å²) in [5.74, 6) is 0. The maximum atomic E-state index is 10.9. The molecule has 0 aliphatic rings. The van der Waals surface area contributed by atoms with Crippen molar-refractivity contribution in [2.45, 2.75) is 161 Å². The average molecular weight is 413 g/mol. The maximum Gasteiger partial charge on any atom is 0.506 e. The molecule has 0 fully saturated rings. The van der Waals surface area contributed by atoms with Crippen LogP contribution < -0.4 is 0 Å². The zero-order chi connectivity index (χ0) is 21.4. The summed E-state index contributed by atoms with van der Waals surface area (Å²) in [5.41, 5.74) is 0. The number of unbranched alkanes of at least 4 members (excludes halogenated alkanes) is 18. The van der Waals surface area contributed by atoms with Gasteiger partial charge < -0.3 is 9.84 Å². The molecule has 0 aromatic carbocycles. The first-order valence-corrected chi connectivity index (χ1v) is 13.1. The molecular formula is C26H52O3. The fraction of sp³-hybridized carbons (Fsp3) is 0.962. The molecule has 0 aromatic rings. The van der Waals surface area contributed by atoms with E-state index in [9.17, 15) is 4.79 Å². The van der Waals surface area contributed by atoms with Gasteiger partial charge in [0.1, 0.15) is 6.10 Å². The van der Waals surface area contributed by atoms with Crippen LogP contribution in [-0.4, -0.2) is 17.4 Å². The second-order valence-corrected chi connectivity index (χ2v) is 8.95. The third kappa shape index (κ3) is 23.4. The van der Waals surface area contributed by atoms with Crippen LogP contribution in [0.5, 0.6) is 0 Å². The molecule has 0 aliphatic heterocycles. The second kappa shape index (κ2) is 23.5. The Hall–Kier alpha value is -0.730. The van der Waals surface area contributed by atoms with Crippen LogP contribution in [0.1, 0.15) is 155 Å². The van der Waals surface area contributed by atoms with Crippen molar-refractivity contribution in [1.82, 2.24) is 0 Å². The Labute approximate surface area is 182 Å². The van der Waals surface area contributed by atoms with Crippen molar-refractivity contribution in [3.8, 4) is 0 Å². The number of carboxylic acid groups (broad SMARTS) is 1. The van der Waals surface area contributed by atoms with E-state index in [1.807, 2.05) is 0 Å². The smallest absolute Gasteiger partial charge is 0.450 e. The molecule has 0 heterocycles. The lowest BCUT2D eigenvalue weighted by Crippen LogP contribution is -2.16. The summed E-state index contributed by atoms with van der Waals surface area (Å²) in [7, 11) is 0. The molecule has 1 N–H and O–H groups in total. The number of rotatable bonds is 23. The van der Waals surface area contributed by atoms with Crippen LogP contribution in [0.3, 0.4) is 0 Å². The molecular weight excluding hydrogens is 360 g/mol. The molecule has 0 spiro atoms. The van der Waals surface area contributed by atoms with Crippen molar-refractivity contribution in [2.75, 3.05) is 0 Å². The van der Waals surface area contributed by atoms with Gasteiger partial charge in [-0.3, -0.25) is 0 Å². The average Bonchev–Trinajstić information content (AvgIpc) is 2.70. The van der Waals surface area contributed by atoms with Gasteiger partial charge in [0, 0.05) is 0 Å². The molecule has 3 heteroatoms. The summed E-state index contributed by atoms with van der Waals surface area (Å²) in [6, 6.07) is 0. The lowest BCUT2D eigenvalue weighted by Gasteiger charge is -2.15. The van der Waals surface area contributed by atoms with Crippen LogP contribution in [0, 0.1) is 0 Å². The predicted octanol–water partition coefficient (Wildman–Crippen LogP) is 9.67. The highest BCUT2D eigenvalue weighted by Gasteiger charge is 2.13. The summed E-state index contributed by atoms with van der Waals surface area (Å²) in [4.78, 5) is 10.9. The molecule has 0 radical (unpaired) electrons. The van der Waals surface area contributed by atoms with E-state index in [-0.39, 0.29) is 6.10 Å². The fourth-order valence-corrected chi connectivity index (χ4v) is 4.12. The summed E-state index contributed by atoms with van der Waals surface area (Å²) in [6.45, 7) is 4.51. The minimum Gasteiger partial charge on any atom is -0.450 e. The Morgan fingerprint density at radius 2 is 0.828 bits per heavy atom. The van der Waals surface area contributed by atoms with E-state index in [2.05, 4.69) is 13.8 Å². The Balaban J connectivity index is 3.47. The third-order valence-electron chi connectivity index (χ3n) is 6.03. The molecule has 3 nitrogen and oxygen atoms in total. The zero-order valence-electron chi connectivity index (χ0n) is 19.9. The molecule has 0 saturated carbocycles. The molecule has 0 bridgehead atoms. The molecule has 29 heavy (non-hydrogen) atoms. The van der Waals surface area contributed by atoms with Crippen molar-refractivity contribution >= 4 is 6.16 Å². The topological polar surface area (TPSA) is 46.5 Å². The van der Waals surface area contributed by atoms with Gasteiger partial charge in [0.25, 0.3) is 0 Å². The quantitative estimate of drug-likeness (QED) is 0.134. The Kier molecular flexibility index (Phi) is 23.0. The van der Waals surface area contributed by atoms with Crippen molar-refractivity contribution in [1.29, 1.82) is 0 Å². The Bertz CT molecular complexity index is 330. The third-order valence-corrected chi connectivity index (χ3v) is 6.03. The van der Waals surface area contributed by atoms with Crippen LogP contribution in [0.15, 0.2) is 0 Å². The summed E-state index contributed by atoms with van der Waals surface area (Å²) in [5, 5.41) is 8.95. The van der Waals surface area contributed by atoms with E-state index in [1.54, 1.807) is 0 Å². The number of ether oxygens (including phenoxy) is 1. The molecule has 1 unspecified atom stereocenters. The highest BCUT2D eigenvalue weighted by atomic mass is 16.7. The van der Waals surface area contributed by atoms with Crippen molar-refractivity contribution in [3.05, 3.63) is 0 Å². The van der Waals surface area contributed by atoms with Gasteiger partial charge in [-0.2, -0.15) is 0 Å². The van der Waals surface area contributed by atoms with Crippen LogP contribution in [0.25, 0.3) is 0 Å². The van der Waals surface area contributed by atoms with Crippen LogP contribution in [-0.2, 0) is 4.74 Å². The molecule has 0 aromatic heterocycles. The molecule has 0 saturated heterocycles. The largest absolute Gasteiger partial charge is 0.506 e. The first-order chi connectivity index (χ1) is 14.2. The summed E-state index contributed by atoms with van der Waals surface area (Å²) < 4.78 is 5.11. The first kappa shape index (κ1) is 28.3. The van der Waals surface area contributed by atoms with Gasteiger partial charge in [-0.05, 0) is 25.7 Å². The molecule has 0 aliphatic carbocycles. The van der Waals surface area contributed by atoms with E-state index in [1.165, 1.54) is 116 Å². The Morgan fingerprint density at radius 1 is 0.552 bits per heavy atom. The maximum absolute atomic E-state index is 10.9. The SMILES string of the molecule is CCCCCCCCCCCCCCCCC(CCCCCCCC)OC(=O)O. The first-order valence-electron chi connectivity index (χ1n) is 13.1. The van der Waals surface area contributed by atoms with Gasteiger partial charge in [-0.15, -0.1) is 0 Å². The van der Waals surface area contributed by atoms with E-state index in [0.717, 1.165) is 25.7 Å². The van der Waals surface area contributed by atoms with Gasteiger partial charge in [0.05, 0.1) is 0 Å². The van der Waals surface area contributed by atoms with Gasteiger partial charge in [0.15, 0.2) is 0 Å². The van der Waals surface area contributed by atoms with Crippen LogP contribution >= 0.6 is 0 Å². The minimum absolute atomic E-state index is 0.0870. The lowest BCUT2D eigenvalue weighted by atomic mass is 10.0. The van der Waals surface area contributed by atoms with E-state index < -0.39 is 6.16 Å². The predicted molar refractivity (Wildman–Crippen MR) is 126 cm³/mol. The highest BCUT2D eigenvalue weighted by Crippen LogP contribution is 2.17. The van der Waals surface area contributed by atoms with Gasteiger partial charge in [-0.1, -0.05) is 129 Å². The molecule has 0 amide bonds. The zero-order valence-corrected chi connectivity index (χ0v) is 19.9. The van der Waals surface area contributed by atoms with E-state index in [0.29, 0.717) is 0 Å². The number of hydrogen-bond acceptors (Lipinski definition) is 2. The van der Waals surface area contributed by atoms with Crippen molar-refractivity contribution in [3.63, 3.8) is 0 Å². The van der Waals surface area contributed by atoms with Crippen molar-refractivity contribution < 1.29 is 14.6 Å². The summed E-state index contributed by atoms with van der Waals surface area (Å²) in [6.07, 6.45) is 27.0. The molecule has 174 valence electrons.